The first-order chi connectivity index (χ1) is 9.65. The van der Waals surface area contributed by atoms with E-state index < -0.39 is 0 Å². The number of benzene rings is 1. The van der Waals surface area contributed by atoms with Crippen molar-refractivity contribution in [3.63, 3.8) is 0 Å². The van der Waals surface area contributed by atoms with E-state index >= 15 is 0 Å². The Morgan fingerprint density at radius 2 is 2.05 bits per heavy atom. The Morgan fingerprint density at radius 3 is 2.70 bits per heavy atom. The van der Waals surface area contributed by atoms with Crippen molar-refractivity contribution >= 4 is 11.6 Å². The summed E-state index contributed by atoms with van der Waals surface area (Å²) in [7, 11) is 0. The minimum Gasteiger partial charge on any atom is -0.396 e. The zero-order chi connectivity index (χ0) is 14.8. The van der Waals surface area contributed by atoms with Gasteiger partial charge in [-0.1, -0.05) is 25.5 Å². The highest BCUT2D eigenvalue weighted by atomic mass is 16.3. The number of rotatable bonds is 9. The van der Waals surface area contributed by atoms with Crippen molar-refractivity contribution in [3.8, 4) is 0 Å². The van der Waals surface area contributed by atoms with Crippen LogP contribution in [0.15, 0.2) is 24.3 Å². The number of hydrogen-bond acceptors (Lipinski definition) is 3. The zero-order valence-electron chi connectivity index (χ0n) is 12.6. The molecule has 1 aromatic carbocycles. The summed E-state index contributed by atoms with van der Waals surface area (Å²) >= 11 is 0. The van der Waals surface area contributed by atoms with Gasteiger partial charge in [0.2, 0.25) is 5.91 Å². The number of nitrogens with zero attached hydrogens (tertiary/aromatic N) is 1. The first-order valence-corrected chi connectivity index (χ1v) is 7.35. The summed E-state index contributed by atoms with van der Waals surface area (Å²) in [6.07, 6.45) is 2.89. The van der Waals surface area contributed by atoms with Crippen LogP contribution in [0.25, 0.3) is 0 Å². The number of anilines is 1. The normalized spacial score (nSPS) is 10.8. The molecule has 0 aromatic heterocycles. The summed E-state index contributed by atoms with van der Waals surface area (Å²) in [4.78, 5) is 14.1. The summed E-state index contributed by atoms with van der Waals surface area (Å²) in [5.41, 5.74) is 1.97. The van der Waals surface area contributed by atoms with Crippen LogP contribution in [0.1, 0.15) is 31.7 Å². The maximum atomic E-state index is 12.0. The molecule has 0 aliphatic heterocycles. The smallest absolute Gasteiger partial charge is 0.238 e. The van der Waals surface area contributed by atoms with E-state index in [1.165, 1.54) is 0 Å². The van der Waals surface area contributed by atoms with Crippen LogP contribution in [0.2, 0.25) is 0 Å². The molecule has 0 saturated carbocycles. The van der Waals surface area contributed by atoms with Gasteiger partial charge in [-0.15, -0.1) is 0 Å². The van der Waals surface area contributed by atoms with Crippen molar-refractivity contribution < 1.29 is 9.90 Å². The number of aliphatic hydroxyl groups excluding tert-OH is 1. The van der Waals surface area contributed by atoms with Crippen LogP contribution in [0.5, 0.6) is 0 Å². The lowest BCUT2D eigenvalue weighted by molar-refractivity contribution is -0.117. The molecule has 0 unspecified atom stereocenters. The van der Waals surface area contributed by atoms with Crippen LogP contribution in [0, 0.1) is 6.92 Å². The molecule has 0 heterocycles. The van der Waals surface area contributed by atoms with Gasteiger partial charge in [-0.3, -0.25) is 9.69 Å². The minimum atomic E-state index is 0.00430. The predicted octanol–water partition coefficient (Wildman–Crippen LogP) is 2.42. The highest BCUT2D eigenvalue weighted by Gasteiger charge is 2.10. The number of carbonyl (C=O) groups is 1. The molecule has 4 heteroatoms. The van der Waals surface area contributed by atoms with Crippen LogP contribution in [0.3, 0.4) is 0 Å². The fourth-order valence-corrected chi connectivity index (χ4v) is 2.07. The van der Waals surface area contributed by atoms with Crippen LogP contribution < -0.4 is 5.32 Å². The van der Waals surface area contributed by atoms with E-state index in [4.69, 9.17) is 5.11 Å². The molecule has 0 spiro atoms. The van der Waals surface area contributed by atoms with E-state index in [1.54, 1.807) is 0 Å². The molecule has 20 heavy (non-hydrogen) atoms. The summed E-state index contributed by atoms with van der Waals surface area (Å²) in [5.74, 6) is 0.00430. The van der Waals surface area contributed by atoms with Crippen LogP contribution in [-0.4, -0.2) is 42.2 Å². The standard InChI is InChI=1S/C16H26N2O2/c1-3-4-9-18(10-6-11-19)13-16(20)17-15-8-5-7-14(2)12-15/h5,7-8,12,19H,3-4,6,9-11,13H2,1-2H3,(H,17,20). The van der Waals surface area contributed by atoms with Crippen molar-refractivity contribution in [2.75, 3.05) is 31.6 Å². The topological polar surface area (TPSA) is 52.6 Å². The number of carbonyl (C=O) groups excluding carboxylic acids is 1. The Balaban J connectivity index is 2.47. The Bertz CT molecular complexity index is 399. The van der Waals surface area contributed by atoms with E-state index in [9.17, 15) is 4.79 Å². The molecule has 4 nitrogen and oxygen atoms in total. The number of amides is 1. The van der Waals surface area contributed by atoms with Crippen molar-refractivity contribution in [2.24, 2.45) is 0 Å². The molecule has 0 atom stereocenters. The lowest BCUT2D eigenvalue weighted by Crippen LogP contribution is -2.35. The van der Waals surface area contributed by atoms with Crippen LogP contribution >= 0.6 is 0 Å². The van der Waals surface area contributed by atoms with Gasteiger partial charge in [0.05, 0.1) is 6.54 Å². The first kappa shape index (κ1) is 16.7. The SMILES string of the molecule is CCCCN(CCCO)CC(=O)Nc1cccc(C)c1. The van der Waals surface area contributed by atoms with Gasteiger partial charge in [0.25, 0.3) is 0 Å². The lowest BCUT2D eigenvalue weighted by atomic mass is 10.2. The highest BCUT2D eigenvalue weighted by molar-refractivity contribution is 5.92. The van der Waals surface area contributed by atoms with Crippen LogP contribution in [0.4, 0.5) is 5.69 Å². The Hall–Kier alpha value is -1.39. The second kappa shape index (κ2) is 9.50. The monoisotopic (exact) mass is 278 g/mol. The highest BCUT2D eigenvalue weighted by Crippen LogP contribution is 2.09. The molecule has 0 saturated heterocycles. The van der Waals surface area contributed by atoms with Crippen molar-refractivity contribution in [1.29, 1.82) is 0 Å². The number of hydrogen-bond donors (Lipinski definition) is 2. The van der Waals surface area contributed by atoms with Crippen molar-refractivity contribution in [3.05, 3.63) is 29.8 Å². The van der Waals surface area contributed by atoms with Crippen LogP contribution in [-0.2, 0) is 4.79 Å². The molecule has 0 aliphatic carbocycles. The molecule has 2 N–H and O–H groups in total. The molecule has 112 valence electrons. The second-order valence-electron chi connectivity index (χ2n) is 5.12. The number of aliphatic hydroxyl groups is 1. The summed E-state index contributed by atoms with van der Waals surface area (Å²) in [6.45, 7) is 6.35. The van der Waals surface area contributed by atoms with Gasteiger partial charge in [0, 0.05) is 18.8 Å². The molecule has 1 amide bonds. The van der Waals surface area contributed by atoms with Gasteiger partial charge < -0.3 is 10.4 Å². The minimum absolute atomic E-state index is 0.00430. The molecule has 1 rings (SSSR count). The maximum Gasteiger partial charge on any atom is 0.238 e. The number of nitrogens with one attached hydrogen (secondary N) is 1. The fourth-order valence-electron chi connectivity index (χ4n) is 2.07. The zero-order valence-corrected chi connectivity index (χ0v) is 12.6. The van der Waals surface area contributed by atoms with Gasteiger partial charge in [0.15, 0.2) is 0 Å². The average molecular weight is 278 g/mol. The molecular formula is C16H26N2O2. The summed E-state index contributed by atoms with van der Waals surface area (Å²) in [6, 6.07) is 7.80. The second-order valence-corrected chi connectivity index (χ2v) is 5.12. The summed E-state index contributed by atoms with van der Waals surface area (Å²) in [5, 5.41) is 11.8. The molecule has 0 radical (unpaired) electrons. The van der Waals surface area contributed by atoms with E-state index in [0.717, 1.165) is 37.2 Å². The van der Waals surface area contributed by atoms with Gasteiger partial charge in [0.1, 0.15) is 0 Å². The maximum absolute atomic E-state index is 12.0. The van der Waals surface area contributed by atoms with E-state index in [0.29, 0.717) is 13.0 Å². The molecular weight excluding hydrogens is 252 g/mol. The number of unbranched alkanes of at least 4 members (excludes halogenated alkanes) is 1. The Labute approximate surface area is 121 Å². The molecule has 1 aromatic rings. The third-order valence-corrected chi connectivity index (χ3v) is 3.13. The Kier molecular flexibility index (Phi) is 7.92. The van der Waals surface area contributed by atoms with Gasteiger partial charge >= 0.3 is 0 Å². The quantitative estimate of drug-likeness (QED) is 0.729. The van der Waals surface area contributed by atoms with E-state index in [1.807, 2.05) is 31.2 Å². The van der Waals surface area contributed by atoms with Crippen molar-refractivity contribution in [1.82, 2.24) is 4.90 Å². The van der Waals surface area contributed by atoms with Gasteiger partial charge in [-0.05, 0) is 44.0 Å². The molecule has 0 bridgehead atoms. The third-order valence-electron chi connectivity index (χ3n) is 3.13. The van der Waals surface area contributed by atoms with Gasteiger partial charge in [-0.2, -0.15) is 0 Å². The third kappa shape index (κ3) is 6.68. The van der Waals surface area contributed by atoms with Crippen molar-refractivity contribution in [2.45, 2.75) is 33.1 Å². The molecule has 0 aliphatic rings. The fraction of sp³-hybridized carbons (Fsp3) is 0.562. The average Bonchev–Trinajstić information content (AvgIpc) is 2.41. The predicted molar refractivity (Wildman–Crippen MR) is 82.9 cm³/mol. The number of aryl methyl sites for hydroxylation is 1. The van der Waals surface area contributed by atoms with E-state index in [2.05, 4.69) is 17.1 Å². The first-order valence-electron chi connectivity index (χ1n) is 7.35. The summed E-state index contributed by atoms with van der Waals surface area (Å²) < 4.78 is 0. The van der Waals surface area contributed by atoms with Gasteiger partial charge in [-0.25, -0.2) is 0 Å². The molecule has 0 fully saturated rings. The lowest BCUT2D eigenvalue weighted by Gasteiger charge is -2.21. The largest absolute Gasteiger partial charge is 0.396 e. The Morgan fingerprint density at radius 1 is 1.30 bits per heavy atom. The van der Waals surface area contributed by atoms with E-state index in [-0.39, 0.29) is 12.5 Å².